The maximum atomic E-state index is 10.7. The minimum atomic E-state index is -0.345. The second kappa shape index (κ2) is 5.11. The first-order chi connectivity index (χ1) is 6.99. The maximum Gasteiger partial charge on any atom is 0.223 e. The number of nitrogens with two attached hydrogens (primary N) is 1. The average Bonchev–Trinajstić information content (AvgIpc) is 2.41. The van der Waals surface area contributed by atoms with E-state index in [2.05, 4.69) is 18.8 Å². The summed E-state index contributed by atoms with van der Waals surface area (Å²) in [6, 6.07) is 0. The highest BCUT2D eigenvalue weighted by molar-refractivity contribution is 7.71. The monoisotopic (exact) mass is 227 g/mol. The molecule has 0 spiro atoms. The minimum Gasteiger partial charge on any atom is -0.369 e. The molecule has 0 atom stereocenters. The van der Waals surface area contributed by atoms with E-state index in [1.54, 1.807) is 0 Å². The summed E-state index contributed by atoms with van der Waals surface area (Å²) >= 11 is 5.13. The molecule has 1 heterocycles. The van der Waals surface area contributed by atoms with Gasteiger partial charge < -0.3 is 15.3 Å². The molecule has 0 radical (unpaired) electrons. The molecule has 0 saturated heterocycles. The van der Waals surface area contributed by atoms with Crippen molar-refractivity contribution in [2.75, 3.05) is 0 Å². The Labute approximate surface area is 94.5 Å². The number of amides is 1. The quantitative estimate of drug-likeness (QED) is 0.751. The summed E-state index contributed by atoms with van der Waals surface area (Å²) in [6.45, 7) is 5.22. The van der Waals surface area contributed by atoms with Crippen LogP contribution in [0.15, 0.2) is 6.20 Å². The molecule has 4 nitrogen and oxygen atoms in total. The number of hydrogen-bond acceptors (Lipinski definition) is 2. The lowest BCUT2D eigenvalue weighted by Crippen LogP contribution is -2.13. The number of rotatable bonds is 5. The first kappa shape index (κ1) is 12.0. The smallest absolute Gasteiger partial charge is 0.223 e. The Hall–Kier alpha value is -1.10. The highest BCUT2D eigenvalue weighted by Crippen LogP contribution is 2.05. The van der Waals surface area contributed by atoms with Crippen LogP contribution in [-0.2, 0) is 17.8 Å². The number of hydrogen-bond donors (Lipinski definition) is 2. The summed E-state index contributed by atoms with van der Waals surface area (Å²) in [6.07, 6.45) is 3.16. The number of carbonyl (C=O) groups excluding carboxylic acids is 1. The van der Waals surface area contributed by atoms with Gasteiger partial charge in [0.2, 0.25) is 5.91 Å². The first-order valence-corrected chi connectivity index (χ1v) is 5.46. The molecule has 0 aliphatic carbocycles. The van der Waals surface area contributed by atoms with Crippen LogP contribution in [0.4, 0.5) is 0 Å². The van der Waals surface area contributed by atoms with Crippen molar-refractivity contribution >= 4 is 18.1 Å². The highest BCUT2D eigenvalue weighted by atomic mass is 32.1. The summed E-state index contributed by atoms with van der Waals surface area (Å²) < 4.78 is 2.61. The Kier molecular flexibility index (Phi) is 4.08. The van der Waals surface area contributed by atoms with Crippen molar-refractivity contribution in [2.45, 2.75) is 33.2 Å². The number of aromatic amines is 1. The van der Waals surface area contributed by atoms with Gasteiger partial charge in [-0.05, 0) is 24.6 Å². The summed E-state index contributed by atoms with van der Waals surface area (Å²) in [5.74, 6) is 0.295. The number of aryl methyl sites for hydroxylation is 1. The molecule has 15 heavy (non-hydrogen) atoms. The molecule has 84 valence electrons. The van der Waals surface area contributed by atoms with Crippen molar-refractivity contribution in [3.63, 3.8) is 0 Å². The predicted octanol–water partition coefficient (Wildman–Crippen LogP) is 1.62. The number of aromatic nitrogens is 2. The molecule has 1 aromatic rings. The number of imidazole rings is 1. The van der Waals surface area contributed by atoms with Gasteiger partial charge in [-0.25, -0.2) is 0 Å². The predicted molar refractivity (Wildman–Crippen MR) is 62.0 cm³/mol. The Bertz CT molecular complexity index is 392. The molecule has 5 heteroatoms. The maximum absolute atomic E-state index is 10.7. The highest BCUT2D eigenvalue weighted by Gasteiger charge is 2.04. The lowest BCUT2D eigenvalue weighted by molar-refractivity contribution is -0.117. The lowest BCUT2D eigenvalue weighted by atomic mass is 10.1. The van der Waals surface area contributed by atoms with Gasteiger partial charge in [0.1, 0.15) is 0 Å². The molecule has 0 unspecified atom stereocenters. The van der Waals surface area contributed by atoms with Crippen LogP contribution in [0.1, 0.15) is 26.0 Å². The third-order valence-corrected chi connectivity index (χ3v) is 2.49. The van der Waals surface area contributed by atoms with E-state index in [1.807, 2.05) is 10.8 Å². The Morgan fingerprint density at radius 2 is 2.33 bits per heavy atom. The van der Waals surface area contributed by atoms with Crippen molar-refractivity contribution in [1.82, 2.24) is 9.55 Å². The van der Waals surface area contributed by atoms with E-state index in [1.165, 1.54) is 0 Å². The van der Waals surface area contributed by atoms with Gasteiger partial charge >= 0.3 is 0 Å². The molecular weight excluding hydrogens is 210 g/mol. The summed E-state index contributed by atoms with van der Waals surface area (Å²) in [4.78, 5) is 13.7. The summed E-state index contributed by atoms with van der Waals surface area (Å²) in [5, 5.41) is 0. The summed E-state index contributed by atoms with van der Waals surface area (Å²) in [7, 11) is 0. The van der Waals surface area contributed by atoms with Gasteiger partial charge in [0.15, 0.2) is 4.77 Å². The van der Waals surface area contributed by atoms with Crippen molar-refractivity contribution in [1.29, 1.82) is 0 Å². The van der Waals surface area contributed by atoms with E-state index >= 15 is 0 Å². The van der Waals surface area contributed by atoms with Crippen LogP contribution in [0.25, 0.3) is 0 Å². The van der Waals surface area contributed by atoms with Crippen LogP contribution in [0.2, 0.25) is 0 Å². The third kappa shape index (κ3) is 3.87. The summed E-state index contributed by atoms with van der Waals surface area (Å²) in [5.41, 5.74) is 5.89. The molecule has 1 rings (SSSR count). The van der Waals surface area contributed by atoms with Gasteiger partial charge in [0.05, 0.1) is 6.42 Å². The fourth-order valence-electron chi connectivity index (χ4n) is 1.33. The zero-order chi connectivity index (χ0) is 11.4. The Morgan fingerprint density at radius 3 is 2.87 bits per heavy atom. The topological polar surface area (TPSA) is 63.8 Å². The number of carbonyl (C=O) groups is 1. The second-order valence-electron chi connectivity index (χ2n) is 4.10. The second-order valence-corrected chi connectivity index (χ2v) is 4.49. The minimum absolute atomic E-state index is 0.221. The van der Waals surface area contributed by atoms with E-state index < -0.39 is 0 Å². The molecule has 0 saturated carbocycles. The normalized spacial score (nSPS) is 10.9. The molecule has 3 N–H and O–H groups in total. The molecular formula is C10H17N3OS. The lowest BCUT2D eigenvalue weighted by Gasteiger charge is -2.04. The molecule has 1 amide bonds. The fraction of sp³-hybridized carbons (Fsp3) is 0.600. The van der Waals surface area contributed by atoms with Crippen LogP contribution in [0.5, 0.6) is 0 Å². The van der Waals surface area contributed by atoms with Crippen LogP contribution in [-0.4, -0.2) is 15.5 Å². The van der Waals surface area contributed by atoms with Crippen molar-refractivity contribution < 1.29 is 4.79 Å². The Balaban J connectivity index is 2.69. The van der Waals surface area contributed by atoms with E-state index in [4.69, 9.17) is 18.0 Å². The molecule has 0 aliphatic rings. The molecule has 0 bridgehead atoms. The van der Waals surface area contributed by atoms with Crippen LogP contribution < -0.4 is 5.73 Å². The number of primary amides is 1. The van der Waals surface area contributed by atoms with Gasteiger partial charge in [-0.3, -0.25) is 4.79 Å². The van der Waals surface area contributed by atoms with Crippen LogP contribution in [0.3, 0.4) is 0 Å². The number of nitrogens with zero attached hydrogens (tertiary/aromatic N) is 1. The van der Waals surface area contributed by atoms with Gasteiger partial charge in [-0.15, -0.1) is 0 Å². The van der Waals surface area contributed by atoms with Gasteiger partial charge in [-0.2, -0.15) is 0 Å². The largest absolute Gasteiger partial charge is 0.369 e. The van der Waals surface area contributed by atoms with Crippen molar-refractivity contribution in [3.05, 3.63) is 16.7 Å². The van der Waals surface area contributed by atoms with E-state index in [0.29, 0.717) is 10.7 Å². The number of H-pyrrole nitrogens is 1. The van der Waals surface area contributed by atoms with Gasteiger partial charge in [0, 0.05) is 18.4 Å². The van der Waals surface area contributed by atoms with Gasteiger partial charge in [0.25, 0.3) is 0 Å². The van der Waals surface area contributed by atoms with Crippen LogP contribution in [0, 0.1) is 10.7 Å². The zero-order valence-corrected chi connectivity index (χ0v) is 9.93. The number of nitrogens with one attached hydrogen (secondary N) is 1. The fourth-order valence-corrected chi connectivity index (χ4v) is 1.60. The zero-order valence-electron chi connectivity index (χ0n) is 9.12. The molecule has 0 aromatic carbocycles. The van der Waals surface area contributed by atoms with Crippen LogP contribution >= 0.6 is 12.2 Å². The molecule has 1 aromatic heterocycles. The Morgan fingerprint density at radius 1 is 1.67 bits per heavy atom. The van der Waals surface area contributed by atoms with E-state index in [9.17, 15) is 4.79 Å². The molecule has 0 fully saturated rings. The molecule has 0 aliphatic heterocycles. The first-order valence-electron chi connectivity index (χ1n) is 5.05. The van der Waals surface area contributed by atoms with Gasteiger partial charge in [-0.1, -0.05) is 13.8 Å². The van der Waals surface area contributed by atoms with Crippen molar-refractivity contribution in [3.8, 4) is 0 Å². The third-order valence-electron chi connectivity index (χ3n) is 2.15. The standard InChI is InChI=1S/C10H17N3OS/c1-7(2)3-4-13-6-8(5-9(11)14)12-10(13)15/h6-7H,3-5H2,1-2H3,(H2,11,14)(H,12,15). The van der Waals surface area contributed by atoms with Crippen molar-refractivity contribution in [2.24, 2.45) is 11.7 Å². The SMILES string of the molecule is CC(C)CCn1cc(CC(N)=O)[nH]c1=S. The average molecular weight is 227 g/mol. The van der Waals surface area contributed by atoms with E-state index in [0.717, 1.165) is 18.7 Å². The van der Waals surface area contributed by atoms with E-state index in [-0.39, 0.29) is 12.3 Å².